The Morgan fingerprint density at radius 2 is 2.25 bits per heavy atom. The van der Waals surface area contributed by atoms with Gasteiger partial charge in [-0.1, -0.05) is 6.07 Å². The number of rotatable bonds is 6. The van der Waals surface area contributed by atoms with E-state index in [2.05, 4.69) is 23.4 Å². The third-order valence-electron chi connectivity index (χ3n) is 3.47. The van der Waals surface area contributed by atoms with Gasteiger partial charge in [-0.2, -0.15) is 5.10 Å². The van der Waals surface area contributed by atoms with Gasteiger partial charge in [0.25, 0.3) is 0 Å². The average Bonchev–Trinajstić information content (AvgIpc) is 3.13. The molecule has 0 saturated carbocycles. The zero-order valence-corrected chi connectivity index (χ0v) is 11.6. The van der Waals surface area contributed by atoms with Crippen LogP contribution in [-0.4, -0.2) is 23.1 Å². The third kappa shape index (κ3) is 2.93. The molecule has 0 saturated heterocycles. The smallest absolute Gasteiger partial charge is 0.231 e. The second-order valence-corrected chi connectivity index (χ2v) is 4.91. The fourth-order valence-corrected chi connectivity index (χ4v) is 2.29. The number of nitrogens with one attached hydrogen (secondary N) is 1. The van der Waals surface area contributed by atoms with E-state index in [1.165, 1.54) is 5.56 Å². The fraction of sp³-hybridized carbons (Fsp3) is 0.400. The second kappa shape index (κ2) is 5.96. The molecular weight excluding hydrogens is 254 g/mol. The predicted octanol–water partition coefficient (Wildman–Crippen LogP) is 2.35. The number of fused-ring (bicyclic) bond motifs is 1. The lowest BCUT2D eigenvalue weighted by Crippen LogP contribution is -2.21. The van der Waals surface area contributed by atoms with E-state index in [4.69, 9.17) is 9.47 Å². The molecule has 0 aliphatic carbocycles. The van der Waals surface area contributed by atoms with E-state index in [0.29, 0.717) is 12.8 Å². The molecule has 0 radical (unpaired) electrons. The third-order valence-corrected chi connectivity index (χ3v) is 3.47. The minimum atomic E-state index is 0.294. The first-order valence-corrected chi connectivity index (χ1v) is 6.93. The zero-order chi connectivity index (χ0) is 13.8. The van der Waals surface area contributed by atoms with Crippen molar-refractivity contribution >= 4 is 0 Å². The molecule has 0 bridgehead atoms. The number of ether oxygens (including phenoxy) is 2. The van der Waals surface area contributed by atoms with Crippen LogP contribution in [0, 0.1) is 0 Å². The van der Waals surface area contributed by atoms with Crippen LogP contribution in [0.5, 0.6) is 11.5 Å². The summed E-state index contributed by atoms with van der Waals surface area (Å²) < 4.78 is 12.7. The standard InChI is InChI=1S/C15H19N3O2/c1-12(16-6-2-8-18-9-3-7-17-18)13-4-5-14-15(10-13)20-11-19-14/h3-5,7,9-10,12,16H,2,6,8,11H2,1H3. The molecule has 2 heterocycles. The Balaban J connectivity index is 1.48. The molecule has 1 unspecified atom stereocenters. The highest BCUT2D eigenvalue weighted by atomic mass is 16.7. The van der Waals surface area contributed by atoms with E-state index in [9.17, 15) is 0 Å². The van der Waals surface area contributed by atoms with Crippen molar-refractivity contribution in [1.82, 2.24) is 15.1 Å². The highest BCUT2D eigenvalue weighted by molar-refractivity contribution is 5.45. The number of aromatic nitrogens is 2. The number of benzene rings is 1. The molecule has 1 atom stereocenters. The van der Waals surface area contributed by atoms with Crippen molar-refractivity contribution in [2.24, 2.45) is 0 Å². The Labute approximate surface area is 118 Å². The molecule has 1 aromatic heterocycles. The highest BCUT2D eigenvalue weighted by Gasteiger charge is 2.15. The van der Waals surface area contributed by atoms with Crippen LogP contribution in [0.3, 0.4) is 0 Å². The van der Waals surface area contributed by atoms with Gasteiger partial charge in [0.2, 0.25) is 6.79 Å². The monoisotopic (exact) mass is 273 g/mol. The van der Waals surface area contributed by atoms with Gasteiger partial charge in [-0.3, -0.25) is 4.68 Å². The van der Waals surface area contributed by atoms with E-state index in [1.54, 1.807) is 0 Å². The molecule has 1 N–H and O–H groups in total. The van der Waals surface area contributed by atoms with Gasteiger partial charge in [-0.25, -0.2) is 0 Å². The number of hydrogen-bond donors (Lipinski definition) is 1. The van der Waals surface area contributed by atoms with Crippen molar-refractivity contribution in [3.8, 4) is 11.5 Å². The maximum atomic E-state index is 5.40. The lowest BCUT2D eigenvalue weighted by atomic mass is 10.1. The summed E-state index contributed by atoms with van der Waals surface area (Å²) in [5.74, 6) is 1.67. The minimum absolute atomic E-state index is 0.294. The van der Waals surface area contributed by atoms with E-state index in [0.717, 1.165) is 31.0 Å². The Morgan fingerprint density at radius 1 is 1.35 bits per heavy atom. The van der Waals surface area contributed by atoms with Gasteiger partial charge >= 0.3 is 0 Å². The molecule has 0 spiro atoms. The summed E-state index contributed by atoms with van der Waals surface area (Å²) in [5, 5.41) is 7.70. The van der Waals surface area contributed by atoms with Crippen molar-refractivity contribution < 1.29 is 9.47 Å². The summed E-state index contributed by atoms with van der Waals surface area (Å²) in [5.41, 5.74) is 1.22. The Hall–Kier alpha value is -2.01. The molecule has 1 aliphatic rings. The van der Waals surface area contributed by atoms with Crippen molar-refractivity contribution in [3.63, 3.8) is 0 Å². The van der Waals surface area contributed by atoms with Gasteiger partial charge in [-0.05, 0) is 43.7 Å². The normalized spacial score (nSPS) is 14.4. The molecule has 5 nitrogen and oxygen atoms in total. The van der Waals surface area contributed by atoms with Crippen LogP contribution >= 0.6 is 0 Å². The van der Waals surface area contributed by atoms with E-state index in [-0.39, 0.29) is 0 Å². The lowest BCUT2D eigenvalue weighted by Gasteiger charge is -2.14. The van der Waals surface area contributed by atoms with E-state index >= 15 is 0 Å². The molecule has 0 fully saturated rings. The minimum Gasteiger partial charge on any atom is -0.454 e. The van der Waals surface area contributed by atoms with Crippen LogP contribution in [0.1, 0.15) is 24.9 Å². The summed E-state index contributed by atoms with van der Waals surface area (Å²) in [6.45, 7) is 4.37. The fourth-order valence-electron chi connectivity index (χ4n) is 2.29. The van der Waals surface area contributed by atoms with Gasteiger partial charge in [0.1, 0.15) is 0 Å². The summed E-state index contributed by atoms with van der Waals surface area (Å²) >= 11 is 0. The molecule has 1 aliphatic heterocycles. The Bertz CT molecular complexity index is 554. The summed E-state index contributed by atoms with van der Waals surface area (Å²) in [6.07, 6.45) is 4.85. The topological polar surface area (TPSA) is 48.3 Å². The summed E-state index contributed by atoms with van der Waals surface area (Å²) in [7, 11) is 0. The van der Waals surface area contributed by atoms with Crippen LogP contribution in [0.2, 0.25) is 0 Å². The first-order valence-electron chi connectivity index (χ1n) is 6.93. The highest BCUT2D eigenvalue weighted by Crippen LogP contribution is 2.34. The number of aryl methyl sites for hydroxylation is 1. The molecule has 0 amide bonds. The van der Waals surface area contributed by atoms with Crippen LogP contribution in [0.4, 0.5) is 0 Å². The first-order chi connectivity index (χ1) is 9.83. The molecule has 5 heteroatoms. The Kier molecular flexibility index (Phi) is 3.87. The first kappa shape index (κ1) is 13.0. The quantitative estimate of drug-likeness (QED) is 0.821. The van der Waals surface area contributed by atoms with Crippen molar-refractivity contribution in [3.05, 3.63) is 42.2 Å². The summed E-state index contributed by atoms with van der Waals surface area (Å²) in [6, 6.07) is 8.34. The van der Waals surface area contributed by atoms with Crippen molar-refractivity contribution in [1.29, 1.82) is 0 Å². The van der Waals surface area contributed by atoms with Crippen LogP contribution < -0.4 is 14.8 Å². The largest absolute Gasteiger partial charge is 0.454 e. The number of hydrogen-bond acceptors (Lipinski definition) is 4. The van der Waals surface area contributed by atoms with Crippen LogP contribution in [-0.2, 0) is 6.54 Å². The lowest BCUT2D eigenvalue weighted by molar-refractivity contribution is 0.174. The van der Waals surface area contributed by atoms with Gasteiger partial charge in [-0.15, -0.1) is 0 Å². The SMILES string of the molecule is CC(NCCCn1cccn1)c1ccc2c(c1)OCO2. The maximum absolute atomic E-state index is 5.40. The van der Waals surface area contributed by atoms with Gasteiger partial charge < -0.3 is 14.8 Å². The molecular formula is C15H19N3O2. The van der Waals surface area contributed by atoms with Gasteiger partial charge in [0.15, 0.2) is 11.5 Å². The zero-order valence-electron chi connectivity index (χ0n) is 11.6. The molecule has 3 rings (SSSR count). The van der Waals surface area contributed by atoms with E-state index in [1.807, 2.05) is 35.3 Å². The maximum Gasteiger partial charge on any atom is 0.231 e. The number of nitrogens with zero attached hydrogens (tertiary/aromatic N) is 2. The predicted molar refractivity (Wildman–Crippen MR) is 75.8 cm³/mol. The van der Waals surface area contributed by atoms with Crippen molar-refractivity contribution in [2.45, 2.75) is 25.9 Å². The van der Waals surface area contributed by atoms with E-state index < -0.39 is 0 Å². The van der Waals surface area contributed by atoms with Crippen molar-refractivity contribution in [2.75, 3.05) is 13.3 Å². The van der Waals surface area contributed by atoms with Crippen LogP contribution in [0.15, 0.2) is 36.7 Å². The van der Waals surface area contributed by atoms with Crippen LogP contribution in [0.25, 0.3) is 0 Å². The molecule has 20 heavy (non-hydrogen) atoms. The molecule has 1 aromatic carbocycles. The second-order valence-electron chi connectivity index (χ2n) is 4.91. The molecule has 106 valence electrons. The molecule has 2 aromatic rings. The average molecular weight is 273 g/mol. The summed E-state index contributed by atoms with van der Waals surface area (Å²) in [4.78, 5) is 0. The van der Waals surface area contributed by atoms with Gasteiger partial charge in [0.05, 0.1) is 0 Å². The Morgan fingerprint density at radius 3 is 3.10 bits per heavy atom. The van der Waals surface area contributed by atoms with Gasteiger partial charge in [0, 0.05) is 25.0 Å².